The van der Waals surface area contributed by atoms with Crippen LogP contribution in [0.3, 0.4) is 0 Å². The van der Waals surface area contributed by atoms with Gasteiger partial charge in [-0.25, -0.2) is 9.97 Å². The van der Waals surface area contributed by atoms with E-state index in [0.717, 1.165) is 16.6 Å². The van der Waals surface area contributed by atoms with Gasteiger partial charge in [0, 0.05) is 6.54 Å². The molecular formula is C14H16N4O. The molecule has 1 amide bonds. The number of carbonyl (C=O) groups excluding carboxylic acids is 1. The second-order valence-electron chi connectivity index (χ2n) is 4.38. The predicted octanol–water partition coefficient (Wildman–Crippen LogP) is 1.94. The van der Waals surface area contributed by atoms with Gasteiger partial charge in [0.2, 0.25) is 0 Å². The number of hydrogen-bond acceptors (Lipinski definition) is 4. The van der Waals surface area contributed by atoms with Crippen LogP contribution >= 0.6 is 0 Å². The van der Waals surface area contributed by atoms with Crippen LogP contribution in [0, 0.1) is 13.8 Å². The van der Waals surface area contributed by atoms with E-state index in [1.807, 2.05) is 26.0 Å². The number of anilines is 1. The Labute approximate surface area is 111 Å². The van der Waals surface area contributed by atoms with Crippen LogP contribution in [0.15, 0.2) is 24.8 Å². The maximum atomic E-state index is 11.4. The topological polar surface area (TPSA) is 80.9 Å². The van der Waals surface area contributed by atoms with Gasteiger partial charge in [-0.3, -0.25) is 4.79 Å². The molecule has 0 aliphatic heterocycles. The third-order valence-electron chi connectivity index (χ3n) is 2.93. The van der Waals surface area contributed by atoms with Crippen LogP contribution in [-0.4, -0.2) is 22.4 Å². The molecule has 0 bridgehead atoms. The van der Waals surface area contributed by atoms with Crippen LogP contribution in [0.4, 0.5) is 5.82 Å². The highest BCUT2D eigenvalue weighted by atomic mass is 16.1. The number of nitrogens with zero attached hydrogens (tertiary/aromatic N) is 2. The zero-order valence-electron chi connectivity index (χ0n) is 11.0. The highest BCUT2D eigenvalue weighted by Crippen LogP contribution is 2.20. The van der Waals surface area contributed by atoms with Crippen molar-refractivity contribution >= 4 is 22.8 Å². The lowest BCUT2D eigenvalue weighted by Crippen LogP contribution is -2.18. The first-order valence-corrected chi connectivity index (χ1v) is 5.96. The van der Waals surface area contributed by atoms with Gasteiger partial charge in [-0.1, -0.05) is 6.08 Å². The Morgan fingerprint density at radius 2 is 1.89 bits per heavy atom. The molecule has 0 saturated carbocycles. The van der Waals surface area contributed by atoms with Crippen molar-refractivity contribution < 1.29 is 4.79 Å². The van der Waals surface area contributed by atoms with Gasteiger partial charge in [-0.05, 0) is 37.1 Å². The maximum absolute atomic E-state index is 11.4. The number of primary amides is 1. The fourth-order valence-corrected chi connectivity index (χ4v) is 1.78. The van der Waals surface area contributed by atoms with Crippen LogP contribution in [0.5, 0.6) is 0 Å². The number of benzene rings is 1. The van der Waals surface area contributed by atoms with Crippen molar-refractivity contribution in [1.82, 2.24) is 9.97 Å². The average molecular weight is 256 g/mol. The normalized spacial score (nSPS) is 10.4. The number of rotatable bonds is 4. The van der Waals surface area contributed by atoms with Crippen LogP contribution in [0.2, 0.25) is 0 Å². The lowest BCUT2D eigenvalue weighted by atomic mass is 10.1. The summed E-state index contributed by atoms with van der Waals surface area (Å²) >= 11 is 0. The van der Waals surface area contributed by atoms with E-state index >= 15 is 0 Å². The van der Waals surface area contributed by atoms with E-state index in [1.54, 1.807) is 6.08 Å². The number of nitrogens with one attached hydrogen (secondary N) is 1. The number of nitrogens with two attached hydrogens (primary N) is 1. The molecule has 3 N–H and O–H groups in total. The van der Waals surface area contributed by atoms with E-state index < -0.39 is 5.91 Å². The lowest BCUT2D eigenvalue weighted by molar-refractivity contribution is 0.0996. The van der Waals surface area contributed by atoms with Crippen LogP contribution in [0.1, 0.15) is 21.6 Å². The molecule has 0 aliphatic carbocycles. The third-order valence-corrected chi connectivity index (χ3v) is 2.93. The summed E-state index contributed by atoms with van der Waals surface area (Å²) < 4.78 is 0. The molecule has 0 spiro atoms. The summed E-state index contributed by atoms with van der Waals surface area (Å²) in [6.45, 7) is 8.10. The molecular weight excluding hydrogens is 240 g/mol. The van der Waals surface area contributed by atoms with Crippen LogP contribution in [0.25, 0.3) is 11.0 Å². The van der Waals surface area contributed by atoms with Gasteiger partial charge < -0.3 is 11.1 Å². The Hall–Kier alpha value is -2.43. The van der Waals surface area contributed by atoms with Crippen molar-refractivity contribution in [3.8, 4) is 0 Å². The highest BCUT2D eigenvalue weighted by Gasteiger charge is 2.13. The number of amides is 1. The lowest BCUT2D eigenvalue weighted by Gasteiger charge is -2.09. The quantitative estimate of drug-likeness (QED) is 0.819. The van der Waals surface area contributed by atoms with Crippen LogP contribution < -0.4 is 11.1 Å². The van der Waals surface area contributed by atoms with E-state index in [0.29, 0.717) is 17.9 Å². The zero-order chi connectivity index (χ0) is 14.0. The van der Waals surface area contributed by atoms with E-state index in [9.17, 15) is 4.79 Å². The minimum atomic E-state index is -0.598. The Morgan fingerprint density at radius 3 is 2.42 bits per heavy atom. The summed E-state index contributed by atoms with van der Waals surface area (Å²) in [7, 11) is 0. The fourth-order valence-electron chi connectivity index (χ4n) is 1.78. The molecule has 0 unspecified atom stereocenters. The summed E-state index contributed by atoms with van der Waals surface area (Å²) in [4.78, 5) is 20.1. The highest BCUT2D eigenvalue weighted by molar-refractivity contribution is 5.97. The first kappa shape index (κ1) is 13.0. The van der Waals surface area contributed by atoms with Crippen molar-refractivity contribution in [3.63, 3.8) is 0 Å². The standard InChI is InChI=1S/C14H16N4O/c1-4-5-16-14-12(13(15)19)17-10-6-8(2)9(3)7-11(10)18-14/h4,6-7H,1,5H2,2-3H3,(H2,15,19)(H,16,18). The molecule has 0 fully saturated rings. The molecule has 0 radical (unpaired) electrons. The monoisotopic (exact) mass is 256 g/mol. The molecule has 0 atom stereocenters. The summed E-state index contributed by atoms with van der Waals surface area (Å²) in [6, 6.07) is 3.85. The third kappa shape index (κ3) is 2.54. The van der Waals surface area contributed by atoms with Crippen LogP contribution in [-0.2, 0) is 0 Å². The molecule has 5 nitrogen and oxygen atoms in total. The number of carbonyl (C=O) groups is 1. The van der Waals surface area contributed by atoms with Gasteiger partial charge in [-0.2, -0.15) is 0 Å². The van der Waals surface area contributed by atoms with Gasteiger partial charge in [0.05, 0.1) is 11.0 Å². The Kier molecular flexibility index (Phi) is 3.46. The molecule has 19 heavy (non-hydrogen) atoms. The van der Waals surface area contributed by atoms with Gasteiger partial charge >= 0.3 is 0 Å². The average Bonchev–Trinajstić information content (AvgIpc) is 2.36. The molecule has 1 aromatic heterocycles. The summed E-state index contributed by atoms with van der Waals surface area (Å²) in [5.74, 6) is -0.206. The SMILES string of the molecule is C=CCNc1nc2cc(C)c(C)cc2nc1C(N)=O. The number of hydrogen-bond donors (Lipinski definition) is 2. The summed E-state index contributed by atoms with van der Waals surface area (Å²) in [5, 5.41) is 2.98. The summed E-state index contributed by atoms with van der Waals surface area (Å²) in [5.41, 5.74) is 9.12. The van der Waals surface area contributed by atoms with Gasteiger partial charge in [0.25, 0.3) is 5.91 Å². The number of aryl methyl sites for hydroxylation is 2. The molecule has 2 rings (SSSR count). The minimum Gasteiger partial charge on any atom is -0.365 e. The second kappa shape index (κ2) is 5.06. The van der Waals surface area contributed by atoms with Crippen molar-refractivity contribution in [3.05, 3.63) is 41.6 Å². The van der Waals surface area contributed by atoms with E-state index in [1.165, 1.54) is 0 Å². The van der Waals surface area contributed by atoms with E-state index in [-0.39, 0.29) is 5.69 Å². The van der Waals surface area contributed by atoms with Crippen molar-refractivity contribution in [2.75, 3.05) is 11.9 Å². The zero-order valence-corrected chi connectivity index (χ0v) is 11.0. The largest absolute Gasteiger partial charge is 0.365 e. The van der Waals surface area contributed by atoms with Gasteiger partial charge in [0.15, 0.2) is 11.5 Å². The molecule has 1 heterocycles. The smallest absolute Gasteiger partial charge is 0.271 e. The summed E-state index contributed by atoms with van der Waals surface area (Å²) in [6.07, 6.45) is 1.68. The van der Waals surface area contributed by atoms with Crippen molar-refractivity contribution in [2.45, 2.75) is 13.8 Å². The maximum Gasteiger partial charge on any atom is 0.271 e. The number of aromatic nitrogens is 2. The Balaban J connectivity index is 2.65. The van der Waals surface area contributed by atoms with Crippen molar-refractivity contribution in [1.29, 1.82) is 0 Å². The number of fused-ring (bicyclic) bond motifs is 1. The van der Waals surface area contributed by atoms with Gasteiger partial charge in [-0.15, -0.1) is 6.58 Å². The van der Waals surface area contributed by atoms with E-state index in [2.05, 4.69) is 21.9 Å². The fraction of sp³-hybridized carbons (Fsp3) is 0.214. The first-order valence-electron chi connectivity index (χ1n) is 5.96. The Bertz CT molecular complexity index is 664. The molecule has 1 aromatic carbocycles. The first-order chi connectivity index (χ1) is 9.02. The van der Waals surface area contributed by atoms with E-state index in [4.69, 9.17) is 5.73 Å². The second-order valence-corrected chi connectivity index (χ2v) is 4.38. The minimum absolute atomic E-state index is 0.151. The predicted molar refractivity (Wildman–Crippen MR) is 76.2 cm³/mol. The molecule has 0 aliphatic rings. The molecule has 0 saturated heterocycles. The Morgan fingerprint density at radius 1 is 1.32 bits per heavy atom. The molecule has 5 heteroatoms. The van der Waals surface area contributed by atoms with Gasteiger partial charge in [0.1, 0.15) is 0 Å². The molecule has 2 aromatic rings. The molecule has 98 valence electrons. The van der Waals surface area contributed by atoms with Crippen molar-refractivity contribution in [2.24, 2.45) is 5.73 Å².